The normalized spacial score (nSPS) is 16.8. The van der Waals surface area contributed by atoms with E-state index in [2.05, 4.69) is 21.2 Å². The van der Waals surface area contributed by atoms with Gasteiger partial charge in [0.2, 0.25) is 5.91 Å². The van der Waals surface area contributed by atoms with Crippen molar-refractivity contribution in [1.82, 2.24) is 5.32 Å². The van der Waals surface area contributed by atoms with Crippen LogP contribution in [0, 0.1) is 5.92 Å². The average molecular weight is 439 g/mol. The largest absolute Gasteiger partial charge is 0.492 e. The van der Waals surface area contributed by atoms with Gasteiger partial charge in [0.15, 0.2) is 6.04 Å². The maximum Gasteiger partial charge on any atom is 0.333 e. The lowest BCUT2D eigenvalue weighted by Crippen LogP contribution is -2.42. The molecule has 0 radical (unpaired) electrons. The van der Waals surface area contributed by atoms with E-state index in [4.69, 9.17) is 21.1 Å². The number of benzene rings is 2. The SMILES string of the molecule is COC(=O)C(NC(=O)C1COc2ccc(Cl)cc2C1)c1ccc(Br)cc1. The second kappa shape index (κ2) is 8.10. The van der Waals surface area contributed by atoms with Crippen LogP contribution >= 0.6 is 27.5 Å². The van der Waals surface area contributed by atoms with Crippen molar-refractivity contribution in [2.24, 2.45) is 5.92 Å². The second-order valence-electron chi connectivity index (χ2n) is 5.98. The van der Waals surface area contributed by atoms with Crippen molar-refractivity contribution >= 4 is 39.4 Å². The summed E-state index contributed by atoms with van der Waals surface area (Å²) in [5.74, 6) is -0.478. The molecule has 136 valence electrons. The van der Waals surface area contributed by atoms with Gasteiger partial charge in [-0.25, -0.2) is 4.79 Å². The molecule has 2 aromatic rings. The fourth-order valence-corrected chi connectivity index (χ4v) is 3.30. The Morgan fingerprint density at radius 3 is 2.69 bits per heavy atom. The van der Waals surface area contributed by atoms with Gasteiger partial charge in [-0.05, 0) is 47.9 Å². The fourth-order valence-electron chi connectivity index (χ4n) is 2.84. The molecular formula is C19H17BrClNO4. The number of methoxy groups -OCH3 is 1. The van der Waals surface area contributed by atoms with Crippen molar-refractivity contribution in [2.75, 3.05) is 13.7 Å². The number of carbonyl (C=O) groups excluding carboxylic acids is 2. The number of amides is 1. The van der Waals surface area contributed by atoms with Gasteiger partial charge in [-0.2, -0.15) is 0 Å². The lowest BCUT2D eigenvalue weighted by molar-refractivity contribution is -0.146. The first-order valence-corrected chi connectivity index (χ1v) is 9.20. The van der Waals surface area contributed by atoms with Crippen molar-refractivity contribution in [2.45, 2.75) is 12.5 Å². The predicted molar refractivity (Wildman–Crippen MR) is 101 cm³/mol. The van der Waals surface area contributed by atoms with Gasteiger partial charge in [0.05, 0.1) is 13.0 Å². The lowest BCUT2D eigenvalue weighted by atomic mass is 9.95. The molecule has 1 amide bonds. The Hall–Kier alpha value is -2.05. The molecule has 0 bridgehead atoms. The first-order chi connectivity index (χ1) is 12.5. The van der Waals surface area contributed by atoms with Gasteiger partial charge in [0, 0.05) is 9.50 Å². The van der Waals surface area contributed by atoms with Crippen LogP contribution in [0.1, 0.15) is 17.2 Å². The number of rotatable bonds is 4. The molecule has 0 aromatic heterocycles. The van der Waals surface area contributed by atoms with Crippen LogP contribution in [0.15, 0.2) is 46.9 Å². The highest BCUT2D eigenvalue weighted by molar-refractivity contribution is 9.10. The summed E-state index contributed by atoms with van der Waals surface area (Å²) >= 11 is 9.37. The number of carbonyl (C=O) groups is 2. The minimum absolute atomic E-state index is 0.245. The summed E-state index contributed by atoms with van der Waals surface area (Å²) in [5.41, 5.74) is 1.52. The van der Waals surface area contributed by atoms with E-state index in [9.17, 15) is 9.59 Å². The number of halogens is 2. The van der Waals surface area contributed by atoms with E-state index < -0.39 is 17.9 Å². The zero-order chi connectivity index (χ0) is 18.7. The number of fused-ring (bicyclic) bond motifs is 1. The van der Waals surface area contributed by atoms with Crippen molar-refractivity contribution in [3.8, 4) is 5.75 Å². The molecular weight excluding hydrogens is 422 g/mol. The van der Waals surface area contributed by atoms with E-state index in [0.29, 0.717) is 17.0 Å². The Labute approximate surface area is 164 Å². The van der Waals surface area contributed by atoms with Crippen LogP contribution in [0.5, 0.6) is 5.75 Å². The summed E-state index contributed by atoms with van der Waals surface area (Å²) in [6.45, 7) is 0.245. The minimum Gasteiger partial charge on any atom is -0.492 e. The zero-order valence-electron chi connectivity index (χ0n) is 14.0. The van der Waals surface area contributed by atoms with Crippen LogP contribution in [0.3, 0.4) is 0 Å². The standard InChI is InChI=1S/C19H17BrClNO4/c1-25-19(24)17(11-2-4-14(20)5-3-11)22-18(23)13-8-12-9-15(21)6-7-16(12)26-10-13/h2-7,9,13,17H,8,10H2,1H3,(H,22,23). The predicted octanol–water partition coefficient (Wildman–Crippen LogP) is 3.68. The Kier molecular flexibility index (Phi) is 5.84. The van der Waals surface area contributed by atoms with E-state index in [1.807, 2.05) is 0 Å². The van der Waals surface area contributed by atoms with Crippen LogP contribution in [-0.4, -0.2) is 25.6 Å². The molecule has 0 spiro atoms. The summed E-state index contributed by atoms with van der Waals surface area (Å²) in [7, 11) is 1.29. The van der Waals surface area contributed by atoms with E-state index in [1.165, 1.54) is 7.11 Å². The van der Waals surface area contributed by atoms with Crippen LogP contribution < -0.4 is 10.1 Å². The van der Waals surface area contributed by atoms with Gasteiger partial charge in [-0.1, -0.05) is 39.7 Å². The summed E-state index contributed by atoms with van der Waals surface area (Å²) in [6, 6.07) is 11.6. The van der Waals surface area contributed by atoms with Crippen molar-refractivity contribution < 1.29 is 19.1 Å². The van der Waals surface area contributed by atoms with Crippen LogP contribution in [0.2, 0.25) is 5.02 Å². The Bertz CT molecular complexity index is 825. The van der Waals surface area contributed by atoms with Crippen molar-refractivity contribution in [3.05, 3.63) is 63.1 Å². The maximum atomic E-state index is 12.7. The summed E-state index contributed by atoms with van der Waals surface area (Å²) in [5, 5.41) is 3.37. The zero-order valence-corrected chi connectivity index (χ0v) is 16.3. The molecule has 0 saturated carbocycles. The third kappa shape index (κ3) is 4.19. The third-order valence-corrected chi connectivity index (χ3v) is 4.99. The number of esters is 1. The first kappa shape index (κ1) is 18.7. The molecule has 0 aliphatic carbocycles. The van der Waals surface area contributed by atoms with Gasteiger partial charge in [0.25, 0.3) is 0 Å². The molecule has 1 aliphatic rings. The van der Waals surface area contributed by atoms with Gasteiger partial charge in [0.1, 0.15) is 12.4 Å². The van der Waals surface area contributed by atoms with E-state index in [1.54, 1.807) is 42.5 Å². The smallest absolute Gasteiger partial charge is 0.333 e. The molecule has 2 aromatic carbocycles. The van der Waals surface area contributed by atoms with Crippen LogP contribution in [-0.2, 0) is 20.7 Å². The van der Waals surface area contributed by atoms with Crippen molar-refractivity contribution in [1.29, 1.82) is 0 Å². The summed E-state index contributed by atoms with van der Waals surface area (Å²) in [4.78, 5) is 24.9. The monoisotopic (exact) mass is 437 g/mol. The van der Waals surface area contributed by atoms with Gasteiger partial charge < -0.3 is 14.8 Å². The fraction of sp³-hybridized carbons (Fsp3) is 0.263. The van der Waals surface area contributed by atoms with Gasteiger partial charge >= 0.3 is 5.97 Å². The first-order valence-electron chi connectivity index (χ1n) is 8.03. The third-order valence-electron chi connectivity index (χ3n) is 4.23. The van der Waals surface area contributed by atoms with E-state index >= 15 is 0 Å². The molecule has 5 nitrogen and oxygen atoms in total. The molecule has 1 N–H and O–H groups in total. The van der Waals surface area contributed by atoms with E-state index in [0.717, 1.165) is 15.8 Å². The Morgan fingerprint density at radius 2 is 2.00 bits per heavy atom. The number of nitrogens with one attached hydrogen (secondary N) is 1. The van der Waals surface area contributed by atoms with E-state index in [-0.39, 0.29) is 12.5 Å². The Balaban J connectivity index is 1.76. The molecule has 26 heavy (non-hydrogen) atoms. The average Bonchev–Trinajstić information content (AvgIpc) is 2.65. The summed E-state index contributed by atoms with van der Waals surface area (Å²) < 4.78 is 11.4. The van der Waals surface area contributed by atoms with Crippen molar-refractivity contribution in [3.63, 3.8) is 0 Å². The topological polar surface area (TPSA) is 64.6 Å². The lowest BCUT2D eigenvalue weighted by Gasteiger charge is -2.26. The molecule has 0 fully saturated rings. The van der Waals surface area contributed by atoms with Gasteiger partial charge in [-0.15, -0.1) is 0 Å². The second-order valence-corrected chi connectivity index (χ2v) is 7.33. The highest BCUT2D eigenvalue weighted by Crippen LogP contribution is 2.30. The molecule has 3 rings (SSSR count). The Morgan fingerprint density at radius 1 is 1.27 bits per heavy atom. The highest BCUT2D eigenvalue weighted by Gasteiger charge is 2.30. The van der Waals surface area contributed by atoms with Crippen LogP contribution in [0.25, 0.3) is 0 Å². The highest BCUT2D eigenvalue weighted by atomic mass is 79.9. The molecule has 0 saturated heterocycles. The molecule has 1 heterocycles. The number of ether oxygens (including phenoxy) is 2. The number of hydrogen-bond donors (Lipinski definition) is 1. The quantitative estimate of drug-likeness (QED) is 0.740. The molecule has 7 heteroatoms. The minimum atomic E-state index is -0.874. The van der Waals surface area contributed by atoms with Crippen LogP contribution in [0.4, 0.5) is 0 Å². The molecule has 1 aliphatic heterocycles. The molecule has 2 atom stereocenters. The molecule has 2 unspecified atom stereocenters. The number of hydrogen-bond acceptors (Lipinski definition) is 4. The van der Waals surface area contributed by atoms with Gasteiger partial charge in [-0.3, -0.25) is 4.79 Å². The maximum absolute atomic E-state index is 12.7. The summed E-state index contributed by atoms with van der Waals surface area (Å²) in [6.07, 6.45) is 0.496.